The van der Waals surface area contributed by atoms with Crippen LogP contribution in [0.4, 0.5) is 10.5 Å². The van der Waals surface area contributed by atoms with Crippen LogP contribution in [0.3, 0.4) is 0 Å². The number of carbonyl (C=O) groups excluding carboxylic acids is 3. The molecule has 9 heteroatoms. The summed E-state index contributed by atoms with van der Waals surface area (Å²) in [5.41, 5.74) is 0.616. The van der Waals surface area contributed by atoms with E-state index < -0.39 is 0 Å². The molecule has 0 N–H and O–H groups in total. The monoisotopic (exact) mass is 465 g/mol. The van der Waals surface area contributed by atoms with Gasteiger partial charge in [-0.25, -0.2) is 4.79 Å². The van der Waals surface area contributed by atoms with Crippen LogP contribution in [0.15, 0.2) is 54.6 Å². The number of anilines is 1. The van der Waals surface area contributed by atoms with E-state index in [0.717, 1.165) is 5.75 Å². The number of hydrogen-bond donors (Lipinski definition) is 0. The molecule has 0 radical (unpaired) electrons. The van der Waals surface area contributed by atoms with Crippen LogP contribution in [0.2, 0.25) is 0 Å². The second kappa shape index (κ2) is 9.62. The number of ether oxygens (including phenoxy) is 3. The number of benzene rings is 2. The van der Waals surface area contributed by atoms with Crippen molar-refractivity contribution < 1.29 is 28.6 Å². The van der Waals surface area contributed by atoms with Crippen molar-refractivity contribution in [2.45, 2.75) is 25.0 Å². The van der Waals surface area contributed by atoms with Crippen LogP contribution < -0.4 is 14.4 Å². The molecule has 3 aliphatic heterocycles. The predicted octanol–water partition coefficient (Wildman–Crippen LogP) is 2.30. The molecule has 0 aliphatic carbocycles. The quantitative estimate of drug-likeness (QED) is 0.651. The number of hydrogen-bond acceptors (Lipinski definition) is 6. The first-order chi connectivity index (χ1) is 16.6. The molecule has 0 saturated carbocycles. The molecule has 178 valence electrons. The lowest BCUT2D eigenvalue weighted by atomic mass is 10.0. The molecule has 3 aliphatic rings. The first kappa shape index (κ1) is 22.1. The van der Waals surface area contributed by atoms with Crippen molar-refractivity contribution in [3.63, 3.8) is 0 Å². The molecular formula is C25H27N3O6. The third-order valence-electron chi connectivity index (χ3n) is 6.44. The molecule has 5 rings (SSSR count). The van der Waals surface area contributed by atoms with Crippen LogP contribution in [0.1, 0.15) is 12.8 Å². The Labute approximate surface area is 197 Å². The van der Waals surface area contributed by atoms with Gasteiger partial charge in [-0.15, -0.1) is 0 Å². The molecule has 1 atom stereocenters. The fourth-order valence-electron chi connectivity index (χ4n) is 4.62. The van der Waals surface area contributed by atoms with Crippen LogP contribution in [0, 0.1) is 0 Å². The summed E-state index contributed by atoms with van der Waals surface area (Å²) < 4.78 is 16.7. The number of piperidine rings is 1. The number of amides is 3. The molecular weight excluding hydrogens is 438 g/mol. The van der Waals surface area contributed by atoms with E-state index in [1.165, 1.54) is 4.90 Å². The maximum absolute atomic E-state index is 13.0. The van der Waals surface area contributed by atoms with Gasteiger partial charge in [-0.2, -0.15) is 0 Å². The number of cyclic esters (lactones) is 1. The number of fused-ring (bicyclic) bond motifs is 1. The van der Waals surface area contributed by atoms with E-state index in [4.69, 9.17) is 14.2 Å². The Morgan fingerprint density at radius 1 is 1.00 bits per heavy atom. The van der Waals surface area contributed by atoms with Crippen LogP contribution in [0.5, 0.6) is 11.5 Å². The van der Waals surface area contributed by atoms with E-state index in [1.807, 2.05) is 42.5 Å². The van der Waals surface area contributed by atoms with Gasteiger partial charge in [-0.1, -0.05) is 30.3 Å². The smallest absolute Gasteiger partial charge is 0.410 e. The van der Waals surface area contributed by atoms with Gasteiger partial charge >= 0.3 is 6.09 Å². The Kier molecular flexibility index (Phi) is 6.24. The van der Waals surface area contributed by atoms with Crippen LogP contribution in [-0.2, 0) is 14.3 Å². The first-order valence-corrected chi connectivity index (χ1v) is 11.5. The Morgan fingerprint density at radius 3 is 2.53 bits per heavy atom. The predicted molar refractivity (Wildman–Crippen MR) is 123 cm³/mol. The minimum Gasteiger partial charge on any atom is -0.490 e. The van der Waals surface area contributed by atoms with Gasteiger partial charge in [0.25, 0.3) is 5.91 Å². The minimum absolute atomic E-state index is 0.0176. The van der Waals surface area contributed by atoms with Gasteiger partial charge in [0.05, 0.1) is 12.2 Å². The maximum atomic E-state index is 13.0. The van der Waals surface area contributed by atoms with Crippen molar-refractivity contribution in [2.75, 3.05) is 44.3 Å². The Bertz CT molecular complexity index is 1050. The number of carbonyl (C=O) groups is 3. The van der Waals surface area contributed by atoms with Gasteiger partial charge in [0, 0.05) is 19.1 Å². The summed E-state index contributed by atoms with van der Waals surface area (Å²) in [4.78, 5) is 42.8. The van der Waals surface area contributed by atoms with E-state index >= 15 is 0 Å². The summed E-state index contributed by atoms with van der Waals surface area (Å²) in [6.45, 7) is 1.74. The number of rotatable bonds is 6. The summed E-state index contributed by atoms with van der Waals surface area (Å²) in [5.74, 6) is 1.00. The molecule has 34 heavy (non-hydrogen) atoms. The maximum Gasteiger partial charge on any atom is 0.410 e. The number of para-hydroxylation sites is 3. The topological polar surface area (TPSA) is 88.6 Å². The van der Waals surface area contributed by atoms with Gasteiger partial charge in [-0.05, 0) is 37.1 Å². The molecule has 0 spiro atoms. The highest BCUT2D eigenvalue weighted by Crippen LogP contribution is 2.31. The zero-order chi connectivity index (χ0) is 23.5. The Morgan fingerprint density at radius 2 is 1.74 bits per heavy atom. The zero-order valence-electron chi connectivity index (χ0n) is 18.8. The van der Waals surface area contributed by atoms with Gasteiger partial charge in [0.1, 0.15) is 24.7 Å². The molecule has 9 nitrogen and oxygen atoms in total. The Balaban J connectivity index is 1.12. The molecule has 1 unspecified atom stereocenters. The second-order valence-electron chi connectivity index (χ2n) is 8.63. The van der Waals surface area contributed by atoms with Crippen molar-refractivity contribution >= 4 is 23.6 Å². The lowest BCUT2D eigenvalue weighted by Crippen LogP contribution is -2.51. The highest BCUT2D eigenvalue weighted by atomic mass is 16.6. The third kappa shape index (κ3) is 4.64. The molecule has 3 amide bonds. The standard InChI is InChI=1S/C25H27N3O6/c29-23(15-28-21-8-4-5-9-22(21)33-17-24(28)30)26-12-10-18(11-13-26)27-14-20(34-25(27)31)16-32-19-6-2-1-3-7-19/h1-9,18,20H,10-17H2. The molecule has 2 fully saturated rings. The van der Waals surface area contributed by atoms with E-state index in [2.05, 4.69) is 0 Å². The van der Waals surface area contributed by atoms with Crippen molar-refractivity contribution in [1.82, 2.24) is 9.80 Å². The second-order valence-corrected chi connectivity index (χ2v) is 8.63. The van der Waals surface area contributed by atoms with Crippen molar-refractivity contribution in [2.24, 2.45) is 0 Å². The van der Waals surface area contributed by atoms with Crippen molar-refractivity contribution in [3.05, 3.63) is 54.6 Å². The highest BCUT2D eigenvalue weighted by Gasteiger charge is 2.38. The van der Waals surface area contributed by atoms with E-state index in [1.54, 1.807) is 21.9 Å². The average Bonchev–Trinajstić information content (AvgIpc) is 3.25. The van der Waals surface area contributed by atoms with Gasteiger partial charge in [0.15, 0.2) is 12.7 Å². The van der Waals surface area contributed by atoms with E-state index in [0.29, 0.717) is 50.5 Å². The molecule has 3 heterocycles. The lowest BCUT2D eigenvalue weighted by molar-refractivity contribution is -0.133. The molecule has 0 bridgehead atoms. The van der Waals surface area contributed by atoms with E-state index in [9.17, 15) is 14.4 Å². The van der Waals surface area contributed by atoms with Crippen molar-refractivity contribution in [3.8, 4) is 11.5 Å². The summed E-state index contributed by atoms with van der Waals surface area (Å²) in [6, 6.07) is 16.7. The summed E-state index contributed by atoms with van der Waals surface area (Å²) in [6.07, 6.45) is 0.684. The SMILES string of the molecule is O=C(CN1C(=O)COc2ccccc21)N1CCC(N2CC(COc3ccccc3)OC2=O)CC1. The van der Waals surface area contributed by atoms with Gasteiger partial charge in [0.2, 0.25) is 5.91 Å². The molecule has 2 aromatic rings. The normalized spacial score (nSPS) is 20.6. The first-order valence-electron chi connectivity index (χ1n) is 11.5. The highest BCUT2D eigenvalue weighted by molar-refractivity contribution is 6.02. The minimum atomic E-state index is -0.332. The molecule has 0 aromatic heterocycles. The molecule has 2 saturated heterocycles. The fourth-order valence-corrected chi connectivity index (χ4v) is 4.62. The van der Waals surface area contributed by atoms with Gasteiger partial charge < -0.3 is 24.0 Å². The van der Waals surface area contributed by atoms with Crippen LogP contribution >= 0.6 is 0 Å². The van der Waals surface area contributed by atoms with E-state index in [-0.39, 0.29) is 43.2 Å². The van der Waals surface area contributed by atoms with Gasteiger partial charge in [-0.3, -0.25) is 14.5 Å². The van der Waals surface area contributed by atoms with Crippen LogP contribution in [0.25, 0.3) is 0 Å². The summed E-state index contributed by atoms with van der Waals surface area (Å²) in [7, 11) is 0. The number of likely N-dealkylation sites (tertiary alicyclic amines) is 1. The summed E-state index contributed by atoms with van der Waals surface area (Å²) >= 11 is 0. The van der Waals surface area contributed by atoms with Crippen molar-refractivity contribution in [1.29, 1.82) is 0 Å². The number of nitrogens with zero attached hydrogens (tertiary/aromatic N) is 3. The molecule has 2 aromatic carbocycles. The fraction of sp³-hybridized carbons (Fsp3) is 0.400. The Hall–Kier alpha value is -3.75. The third-order valence-corrected chi connectivity index (χ3v) is 6.44. The zero-order valence-corrected chi connectivity index (χ0v) is 18.8. The van der Waals surface area contributed by atoms with Crippen LogP contribution in [-0.4, -0.2) is 79.2 Å². The lowest BCUT2D eigenvalue weighted by Gasteiger charge is -2.37. The largest absolute Gasteiger partial charge is 0.490 e. The average molecular weight is 466 g/mol. The summed E-state index contributed by atoms with van der Waals surface area (Å²) in [5, 5.41) is 0.